The zero-order valence-corrected chi connectivity index (χ0v) is 11.0. The Morgan fingerprint density at radius 2 is 2.18 bits per heavy atom. The molecule has 0 aliphatic carbocycles. The molecule has 0 fully saturated rings. The summed E-state index contributed by atoms with van der Waals surface area (Å²) in [6.07, 6.45) is 4.11. The lowest BCUT2D eigenvalue weighted by Crippen LogP contribution is -2.21. The van der Waals surface area contributed by atoms with Gasteiger partial charge in [-0.05, 0) is 44.1 Å². The predicted octanol–water partition coefficient (Wildman–Crippen LogP) is 3.44. The summed E-state index contributed by atoms with van der Waals surface area (Å²) in [5.74, 6) is 0.931. The summed E-state index contributed by atoms with van der Waals surface area (Å²) in [6.45, 7) is 8.98. The van der Waals surface area contributed by atoms with E-state index in [4.69, 9.17) is 4.74 Å². The third-order valence-electron chi connectivity index (χ3n) is 2.65. The summed E-state index contributed by atoms with van der Waals surface area (Å²) >= 11 is 0. The van der Waals surface area contributed by atoms with Crippen molar-refractivity contribution in [1.29, 1.82) is 0 Å². The topological polar surface area (TPSA) is 12.5 Å². The van der Waals surface area contributed by atoms with E-state index >= 15 is 0 Å². The molecule has 94 valence electrons. The molecule has 0 saturated heterocycles. The summed E-state index contributed by atoms with van der Waals surface area (Å²) in [5, 5.41) is 0. The van der Waals surface area contributed by atoms with Crippen molar-refractivity contribution in [1.82, 2.24) is 4.90 Å². The molecule has 0 atom stereocenters. The molecule has 0 amide bonds. The Balaban J connectivity index is 2.23. The minimum absolute atomic E-state index is 0.772. The first-order valence-electron chi connectivity index (χ1n) is 6.30. The molecule has 0 spiro atoms. The first-order valence-corrected chi connectivity index (χ1v) is 6.30. The molecular weight excluding hydrogens is 210 g/mol. The average Bonchev–Trinajstić information content (AvgIpc) is 2.35. The maximum Gasteiger partial charge on any atom is 0.119 e. The summed E-state index contributed by atoms with van der Waals surface area (Å²) in [5.41, 5.74) is 1.10. The highest BCUT2D eigenvalue weighted by molar-refractivity contribution is 5.49. The molecule has 0 bridgehead atoms. The standard InChI is InChI=1S/C15H23NO/c1-4-10-16(3)11-7-12-17-15-9-6-8-14(5-2)13-15/h5-6,8-9,13H,2,4,7,10-12H2,1,3H3. The Kier molecular flexibility index (Phi) is 6.41. The molecule has 0 aliphatic heterocycles. The van der Waals surface area contributed by atoms with Crippen molar-refractivity contribution in [3.63, 3.8) is 0 Å². The van der Waals surface area contributed by atoms with E-state index in [2.05, 4.69) is 25.5 Å². The Hall–Kier alpha value is -1.28. The Morgan fingerprint density at radius 3 is 2.88 bits per heavy atom. The van der Waals surface area contributed by atoms with E-state index in [0.29, 0.717) is 0 Å². The molecule has 0 aromatic heterocycles. The minimum atomic E-state index is 0.772. The van der Waals surface area contributed by atoms with Gasteiger partial charge in [0.15, 0.2) is 0 Å². The molecule has 0 aliphatic rings. The first kappa shape index (κ1) is 13.8. The molecule has 1 rings (SSSR count). The second-order valence-corrected chi connectivity index (χ2v) is 4.28. The molecule has 2 heteroatoms. The molecule has 0 unspecified atom stereocenters. The Morgan fingerprint density at radius 1 is 1.35 bits per heavy atom. The summed E-state index contributed by atoms with van der Waals surface area (Å²) in [6, 6.07) is 8.02. The molecule has 0 N–H and O–H groups in total. The van der Waals surface area contributed by atoms with E-state index in [1.807, 2.05) is 30.3 Å². The molecule has 2 nitrogen and oxygen atoms in total. The number of hydrogen-bond acceptors (Lipinski definition) is 2. The normalized spacial score (nSPS) is 10.5. The highest BCUT2D eigenvalue weighted by Crippen LogP contribution is 2.14. The second-order valence-electron chi connectivity index (χ2n) is 4.28. The van der Waals surface area contributed by atoms with E-state index in [0.717, 1.165) is 37.4 Å². The lowest BCUT2D eigenvalue weighted by molar-refractivity contribution is 0.263. The van der Waals surface area contributed by atoms with Gasteiger partial charge in [-0.25, -0.2) is 0 Å². The van der Waals surface area contributed by atoms with Crippen LogP contribution < -0.4 is 4.74 Å². The van der Waals surface area contributed by atoms with Crippen molar-refractivity contribution < 1.29 is 4.74 Å². The van der Waals surface area contributed by atoms with Crippen molar-refractivity contribution in [2.24, 2.45) is 0 Å². The van der Waals surface area contributed by atoms with Gasteiger partial charge >= 0.3 is 0 Å². The van der Waals surface area contributed by atoms with Gasteiger partial charge in [0.25, 0.3) is 0 Å². The lowest BCUT2D eigenvalue weighted by atomic mass is 10.2. The zero-order chi connectivity index (χ0) is 12.5. The van der Waals surface area contributed by atoms with Crippen LogP contribution in [0.1, 0.15) is 25.3 Å². The Bertz CT molecular complexity index is 335. The summed E-state index contributed by atoms with van der Waals surface area (Å²) in [7, 11) is 2.15. The fourth-order valence-corrected chi connectivity index (χ4v) is 1.75. The molecular formula is C15H23NO. The van der Waals surface area contributed by atoms with Crippen molar-refractivity contribution in [3.8, 4) is 5.75 Å². The van der Waals surface area contributed by atoms with Crippen LogP contribution in [0.25, 0.3) is 6.08 Å². The van der Waals surface area contributed by atoms with Gasteiger partial charge in [0.05, 0.1) is 6.61 Å². The van der Waals surface area contributed by atoms with Gasteiger partial charge in [0.2, 0.25) is 0 Å². The molecule has 0 radical (unpaired) electrons. The quantitative estimate of drug-likeness (QED) is 0.638. The first-order chi connectivity index (χ1) is 8.26. The van der Waals surface area contributed by atoms with Crippen molar-refractivity contribution >= 4 is 6.08 Å². The summed E-state index contributed by atoms with van der Waals surface area (Å²) in [4.78, 5) is 2.34. The van der Waals surface area contributed by atoms with Gasteiger partial charge in [-0.1, -0.05) is 31.7 Å². The largest absolute Gasteiger partial charge is 0.494 e. The number of rotatable bonds is 8. The maximum absolute atomic E-state index is 5.70. The van der Waals surface area contributed by atoms with Gasteiger partial charge in [0.1, 0.15) is 5.75 Å². The van der Waals surface area contributed by atoms with Crippen molar-refractivity contribution in [2.75, 3.05) is 26.7 Å². The third kappa shape index (κ3) is 5.55. The van der Waals surface area contributed by atoms with Crippen LogP contribution in [0.2, 0.25) is 0 Å². The number of ether oxygens (including phenoxy) is 1. The minimum Gasteiger partial charge on any atom is -0.494 e. The highest BCUT2D eigenvalue weighted by atomic mass is 16.5. The van der Waals surface area contributed by atoms with E-state index in [1.54, 1.807) is 0 Å². The van der Waals surface area contributed by atoms with Gasteiger partial charge in [0, 0.05) is 6.54 Å². The predicted molar refractivity (Wildman–Crippen MR) is 74.4 cm³/mol. The van der Waals surface area contributed by atoms with Crippen LogP contribution in [0.15, 0.2) is 30.8 Å². The molecule has 1 aromatic rings. The van der Waals surface area contributed by atoms with Crippen LogP contribution >= 0.6 is 0 Å². The van der Waals surface area contributed by atoms with Crippen molar-refractivity contribution in [2.45, 2.75) is 19.8 Å². The highest BCUT2D eigenvalue weighted by Gasteiger charge is 1.98. The third-order valence-corrected chi connectivity index (χ3v) is 2.65. The van der Waals surface area contributed by atoms with Crippen LogP contribution in [-0.4, -0.2) is 31.6 Å². The van der Waals surface area contributed by atoms with E-state index in [1.165, 1.54) is 6.42 Å². The van der Waals surface area contributed by atoms with E-state index in [-0.39, 0.29) is 0 Å². The maximum atomic E-state index is 5.70. The van der Waals surface area contributed by atoms with E-state index in [9.17, 15) is 0 Å². The van der Waals surface area contributed by atoms with Gasteiger partial charge < -0.3 is 9.64 Å². The van der Waals surface area contributed by atoms with Crippen LogP contribution in [0, 0.1) is 0 Å². The van der Waals surface area contributed by atoms with Gasteiger partial charge in [-0.15, -0.1) is 0 Å². The fraction of sp³-hybridized carbons (Fsp3) is 0.467. The number of hydrogen-bond donors (Lipinski definition) is 0. The van der Waals surface area contributed by atoms with Crippen LogP contribution in [0.3, 0.4) is 0 Å². The fourth-order valence-electron chi connectivity index (χ4n) is 1.75. The van der Waals surface area contributed by atoms with Crippen molar-refractivity contribution in [3.05, 3.63) is 36.4 Å². The lowest BCUT2D eigenvalue weighted by Gasteiger charge is -2.15. The molecule has 0 saturated carbocycles. The molecule has 17 heavy (non-hydrogen) atoms. The van der Waals surface area contributed by atoms with Gasteiger partial charge in [-0.3, -0.25) is 0 Å². The molecule has 0 heterocycles. The average molecular weight is 233 g/mol. The monoisotopic (exact) mass is 233 g/mol. The number of benzene rings is 1. The summed E-state index contributed by atoms with van der Waals surface area (Å²) < 4.78 is 5.70. The van der Waals surface area contributed by atoms with Crippen LogP contribution in [0.4, 0.5) is 0 Å². The number of nitrogens with zero attached hydrogens (tertiary/aromatic N) is 1. The zero-order valence-electron chi connectivity index (χ0n) is 11.0. The van der Waals surface area contributed by atoms with Crippen LogP contribution in [-0.2, 0) is 0 Å². The van der Waals surface area contributed by atoms with Gasteiger partial charge in [-0.2, -0.15) is 0 Å². The van der Waals surface area contributed by atoms with Crippen LogP contribution in [0.5, 0.6) is 5.75 Å². The smallest absolute Gasteiger partial charge is 0.119 e. The SMILES string of the molecule is C=Cc1cccc(OCCCN(C)CCC)c1. The Labute approximate surface area is 105 Å². The molecule has 1 aromatic carbocycles. The second kappa shape index (κ2) is 7.91. The van der Waals surface area contributed by atoms with E-state index < -0.39 is 0 Å².